The number of benzene rings is 5. The molecule has 48 heavy (non-hydrogen) atoms. The third kappa shape index (κ3) is 8.55. The second-order valence-corrected chi connectivity index (χ2v) is 22.8. The molecule has 0 unspecified atom stereocenters. The van der Waals surface area contributed by atoms with Gasteiger partial charge >= 0.3 is 111 Å². The number of fused-ring (bicyclic) bond motifs is 4. The van der Waals surface area contributed by atoms with E-state index in [0.717, 1.165) is 14.3 Å². The van der Waals surface area contributed by atoms with Gasteiger partial charge in [-0.1, -0.05) is 96.8 Å². The van der Waals surface area contributed by atoms with Crippen LogP contribution in [0.3, 0.4) is 0 Å². The van der Waals surface area contributed by atoms with Crippen molar-refractivity contribution >= 4 is 52.5 Å². The molecule has 0 saturated heterocycles. The molecule has 0 amide bonds. The summed E-state index contributed by atoms with van der Waals surface area (Å²) < 4.78 is 1.15. The average molecular weight is 749 g/mol. The minimum absolute atomic E-state index is 0.203. The summed E-state index contributed by atoms with van der Waals surface area (Å²) in [6.07, 6.45) is 0. The molecule has 7 aromatic rings. The molecule has 0 heterocycles. The van der Waals surface area contributed by atoms with E-state index in [1.807, 2.05) is 36.4 Å². The van der Waals surface area contributed by atoms with Crippen molar-refractivity contribution in [3.8, 4) is 0 Å². The molecular weight excluding hydrogens is 703 g/mol. The molecule has 0 fully saturated rings. The van der Waals surface area contributed by atoms with Gasteiger partial charge in [-0.15, -0.1) is 80.3 Å². The Balaban J connectivity index is 0.000000148. The Bertz CT molecular complexity index is 2050. The van der Waals surface area contributed by atoms with Crippen molar-refractivity contribution in [1.29, 1.82) is 0 Å². The fraction of sp³-hybridized carbons (Fsp3) is 0.222. The first-order chi connectivity index (χ1) is 22.7. The van der Waals surface area contributed by atoms with Crippen molar-refractivity contribution in [3.63, 3.8) is 0 Å². The Kier molecular flexibility index (Phi) is 11.5. The Hall–Kier alpha value is -3.09. The standard InChI is InChI=1S/C21H25.C13H10.C11H11.2ClH.Zr/c1-20(2,3)16-7-9-18-14(12-16)11-15-13-17(21(4,5)6)8-10-19(15)18;1-3-7-12(8-4-1)11-13-9-5-2-6-10-13;1-8-7-10-5-3-4-6-11(10)9(8)2;;;/h7-13H,1-6H3;1-10H;3-7H,1-2H3;2*1H;/q-1;;-1;;;+2/p-2. The average Bonchev–Trinajstić information content (AvgIpc) is 3.57. The van der Waals surface area contributed by atoms with Crippen molar-refractivity contribution in [2.75, 3.05) is 0 Å². The van der Waals surface area contributed by atoms with E-state index in [0.29, 0.717) is 0 Å². The first-order valence-electron chi connectivity index (χ1n) is 16.7. The second kappa shape index (κ2) is 15.2. The van der Waals surface area contributed by atoms with E-state index < -0.39 is 18.9 Å². The molecule has 246 valence electrons. The first-order valence-corrected chi connectivity index (χ1v) is 24.2. The molecule has 0 aliphatic heterocycles. The number of hydrogen-bond acceptors (Lipinski definition) is 0. The molecule has 0 aromatic heterocycles. The molecule has 7 rings (SSSR count). The van der Waals surface area contributed by atoms with Crippen LogP contribution >= 0.6 is 17.0 Å². The third-order valence-electron chi connectivity index (χ3n) is 9.08. The number of rotatable bonds is 2. The van der Waals surface area contributed by atoms with E-state index in [2.05, 4.69) is 152 Å². The molecule has 0 radical (unpaired) electrons. The van der Waals surface area contributed by atoms with Gasteiger partial charge in [0.1, 0.15) is 0 Å². The molecule has 0 aliphatic rings. The molecule has 0 aliphatic carbocycles. The summed E-state index contributed by atoms with van der Waals surface area (Å²) in [6, 6.07) is 47.2. The van der Waals surface area contributed by atoms with Gasteiger partial charge in [-0.25, -0.2) is 0 Å². The number of halogens is 2. The molecule has 0 spiro atoms. The third-order valence-corrected chi connectivity index (χ3v) is 13.7. The van der Waals surface area contributed by atoms with Crippen LogP contribution < -0.4 is 0 Å². The summed E-state index contributed by atoms with van der Waals surface area (Å²) in [5.74, 6) is 0. The predicted octanol–water partition coefficient (Wildman–Crippen LogP) is 13.7. The van der Waals surface area contributed by atoms with E-state index >= 15 is 0 Å². The fourth-order valence-electron chi connectivity index (χ4n) is 6.07. The van der Waals surface area contributed by atoms with Gasteiger partial charge < -0.3 is 0 Å². The molecule has 3 heteroatoms. The van der Waals surface area contributed by atoms with Crippen molar-refractivity contribution < 1.29 is 18.9 Å². The summed E-state index contributed by atoms with van der Waals surface area (Å²) >= 11 is -2.44. The molecular formula is C45H46Cl2Zr-2. The topological polar surface area (TPSA) is 0 Å². The normalized spacial score (nSPS) is 11.5. The van der Waals surface area contributed by atoms with Crippen molar-refractivity contribution in [2.45, 2.75) is 66.2 Å². The van der Waals surface area contributed by atoms with Gasteiger partial charge in [0.15, 0.2) is 0 Å². The zero-order valence-electron chi connectivity index (χ0n) is 29.5. The summed E-state index contributed by atoms with van der Waals surface area (Å²) in [6.45, 7) is 18.0. The Labute approximate surface area is 302 Å². The van der Waals surface area contributed by atoms with Gasteiger partial charge in [0.05, 0.1) is 0 Å². The molecule has 7 aromatic carbocycles. The van der Waals surface area contributed by atoms with Crippen LogP contribution in [0.5, 0.6) is 0 Å². The number of hydrogen-bond donors (Lipinski definition) is 0. The Morgan fingerprint density at radius 1 is 0.500 bits per heavy atom. The van der Waals surface area contributed by atoms with Crippen LogP contribution in [0.15, 0.2) is 133 Å². The van der Waals surface area contributed by atoms with Crippen LogP contribution in [0, 0.1) is 13.8 Å². The van der Waals surface area contributed by atoms with Gasteiger partial charge in [0.2, 0.25) is 0 Å². The summed E-state index contributed by atoms with van der Waals surface area (Å²) in [7, 11) is 12.5. The van der Waals surface area contributed by atoms with Crippen LogP contribution in [0.2, 0.25) is 0 Å². The Morgan fingerprint density at radius 3 is 1.35 bits per heavy atom. The maximum atomic E-state index is 6.24. The summed E-state index contributed by atoms with van der Waals surface area (Å²) in [4.78, 5) is 0. The SMILES string of the molecule is CC(C)(C)c1ccc2c(c1)[cH-]c1cc(C(C)(C)C)ccc12.Cc1[cH-]c2ccccc2c1C.[Cl][Zr]([Cl])=[C](c1ccccc1)c1ccccc1. The van der Waals surface area contributed by atoms with Gasteiger partial charge in [-0.3, -0.25) is 0 Å². The van der Waals surface area contributed by atoms with Crippen LogP contribution in [0.4, 0.5) is 0 Å². The molecule has 0 N–H and O–H groups in total. The van der Waals surface area contributed by atoms with E-state index in [1.165, 1.54) is 54.6 Å². The molecule has 0 atom stereocenters. The summed E-state index contributed by atoms with van der Waals surface area (Å²) in [5.41, 5.74) is 8.32. The van der Waals surface area contributed by atoms with Gasteiger partial charge in [0, 0.05) is 0 Å². The van der Waals surface area contributed by atoms with E-state index in [1.54, 1.807) is 0 Å². The van der Waals surface area contributed by atoms with Crippen LogP contribution in [-0.2, 0) is 29.7 Å². The minimum atomic E-state index is -2.44. The first kappa shape index (κ1) is 36.2. The molecule has 0 nitrogen and oxygen atoms in total. The van der Waals surface area contributed by atoms with Crippen molar-refractivity contribution in [2.24, 2.45) is 0 Å². The number of aryl methyl sites for hydroxylation is 2. The van der Waals surface area contributed by atoms with Crippen molar-refractivity contribution in [3.05, 3.63) is 167 Å². The predicted molar refractivity (Wildman–Crippen MR) is 211 cm³/mol. The second-order valence-electron chi connectivity index (χ2n) is 14.7. The van der Waals surface area contributed by atoms with E-state index in [9.17, 15) is 0 Å². The van der Waals surface area contributed by atoms with E-state index in [-0.39, 0.29) is 10.8 Å². The van der Waals surface area contributed by atoms with Gasteiger partial charge in [-0.2, -0.15) is 5.56 Å². The van der Waals surface area contributed by atoms with Gasteiger partial charge in [-0.05, 0) is 10.8 Å². The fourth-order valence-corrected chi connectivity index (χ4v) is 10.5. The maximum absolute atomic E-state index is 6.24. The molecule has 0 bridgehead atoms. The quantitative estimate of drug-likeness (QED) is 0.154. The van der Waals surface area contributed by atoms with Crippen molar-refractivity contribution in [1.82, 2.24) is 0 Å². The zero-order valence-corrected chi connectivity index (χ0v) is 33.4. The monoisotopic (exact) mass is 746 g/mol. The van der Waals surface area contributed by atoms with Crippen LogP contribution in [-0.4, -0.2) is 3.21 Å². The van der Waals surface area contributed by atoms with E-state index in [4.69, 9.17) is 17.0 Å². The van der Waals surface area contributed by atoms with Crippen LogP contribution in [0.25, 0.3) is 32.3 Å². The van der Waals surface area contributed by atoms with Crippen LogP contribution in [0.1, 0.15) is 74.9 Å². The Morgan fingerprint density at radius 2 is 0.938 bits per heavy atom. The zero-order chi connectivity index (χ0) is 34.6. The molecule has 0 saturated carbocycles. The van der Waals surface area contributed by atoms with Gasteiger partial charge in [0.25, 0.3) is 0 Å². The summed E-state index contributed by atoms with van der Waals surface area (Å²) in [5, 5.41) is 8.23.